The molecule has 23 nitrogen and oxygen atoms in total. The van der Waals surface area contributed by atoms with E-state index < -0.39 is 41.7 Å². The topological polar surface area (TPSA) is 318 Å². The summed E-state index contributed by atoms with van der Waals surface area (Å²) in [5, 5.41) is 23.7. The summed E-state index contributed by atoms with van der Waals surface area (Å²) in [6.07, 6.45) is 2.65. The van der Waals surface area contributed by atoms with Gasteiger partial charge in [0.05, 0.1) is 85.2 Å². The standard InChI is InChI=1S/C49H64N10O13/c1-6-72-48-36(29-50)37(51)28-40(56-42(61)27-33-26-35(67-4)13-14-39(33)68-5)59(48)30-32-9-11-34(12-10-32)54-46(64)38(8-7-18-53-49(52)66)55-47(65)45(31(2)3)57-41(60)17-20-69-22-24-71-25-23-70-21-19-58-43(62)15-16-44(58)63/h9-16,26,28,31,38,45H,6-8,17-25,27,30H2,1-5H3,(H8,51,52,53,54,55,56,57,60,61,64,65,66)/p+1/t38-,45-/m0/s1. The maximum absolute atomic E-state index is 13.8. The molecule has 0 saturated heterocycles. The highest BCUT2D eigenvalue weighted by Gasteiger charge is 2.30. The smallest absolute Gasteiger partial charge is 0.312 e. The summed E-state index contributed by atoms with van der Waals surface area (Å²) in [5.74, 6) is -1.75. The van der Waals surface area contributed by atoms with E-state index in [1.807, 2.05) is 0 Å². The number of primary amides is 1. The summed E-state index contributed by atoms with van der Waals surface area (Å²) in [7, 11) is 3.01. The van der Waals surface area contributed by atoms with Crippen molar-refractivity contribution in [1.82, 2.24) is 20.9 Å². The van der Waals surface area contributed by atoms with Gasteiger partial charge in [0, 0.05) is 36.4 Å². The zero-order chi connectivity index (χ0) is 52.6. The molecule has 0 saturated carbocycles. The van der Waals surface area contributed by atoms with Crippen LogP contribution in [0, 0.1) is 17.2 Å². The van der Waals surface area contributed by atoms with Crippen molar-refractivity contribution in [3.8, 4) is 23.4 Å². The highest BCUT2D eigenvalue weighted by molar-refractivity contribution is 6.12. The van der Waals surface area contributed by atoms with E-state index in [1.54, 1.807) is 67.8 Å². The Balaban J connectivity index is 1.35. The third-order valence-corrected chi connectivity index (χ3v) is 10.8. The maximum atomic E-state index is 13.8. The van der Waals surface area contributed by atoms with Crippen LogP contribution in [0.1, 0.15) is 56.7 Å². The molecular formula is C49H65N10O13+. The first-order valence-corrected chi connectivity index (χ1v) is 23.3. The fourth-order valence-electron chi connectivity index (χ4n) is 7.15. The summed E-state index contributed by atoms with van der Waals surface area (Å²) < 4.78 is 34.7. The number of rotatable bonds is 31. The molecule has 72 heavy (non-hydrogen) atoms. The minimum Gasteiger partial charge on any atom is -0.497 e. The van der Waals surface area contributed by atoms with Crippen LogP contribution < -0.4 is 56.8 Å². The first kappa shape index (κ1) is 56.8. The summed E-state index contributed by atoms with van der Waals surface area (Å²) in [4.78, 5) is 89.6. The molecule has 0 bridgehead atoms. The van der Waals surface area contributed by atoms with Crippen LogP contribution in [-0.4, -0.2) is 132 Å². The Hall–Kier alpha value is -7.81. The van der Waals surface area contributed by atoms with Crippen LogP contribution in [-0.2, 0) is 55.9 Å². The zero-order valence-electron chi connectivity index (χ0n) is 41.2. The van der Waals surface area contributed by atoms with Gasteiger partial charge in [-0.15, -0.1) is 0 Å². The predicted octanol–water partition coefficient (Wildman–Crippen LogP) is 1.45. The van der Waals surface area contributed by atoms with Crippen LogP contribution >= 0.6 is 0 Å². The number of urea groups is 1. The third-order valence-electron chi connectivity index (χ3n) is 10.8. The lowest BCUT2D eigenvalue weighted by Crippen LogP contribution is -2.54. The number of nitrogens with two attached hydrogens (primary N) is 2. The van der Waals surface area contributed by atoms with Crippen molar-refractivity contribution in [2.75, 3.05) is 89.9 Å². The number of benzene rings is 2. The molecule has 0 radical (unpaired) electrons. The van der Waals surface area contributed by atoms with Crippen molar-refractivity contribution in [3.63, 3.8) is 0 Å². The summed E-state index contributed by atoms with van der Waals surface area (Å²) in [6, 6.07) is 12.6. The van der Waals surface area contributed by atoms with Crippen molar-refractivity contribution in [3.05, 3.63) is 77.4 Å². The van der Waals surface area contributed by atoms with E-state index in [0.29, 0.717) is 28.3 Å². The first-order valence-electron chi connectivity index (χ1n) is 23.3. The van der Waals surface area contributed by atoms with E-state index in [1.165, 1.54) is 32.4 Å². The van der Waals surface area contributed by atoms with E-state index in [4.69, 9.17) is 39.9 Å². The van der Waals surface area contributed by atoms with E-state index >= 15 is 0 Å². The monoisotopic (exact) mass is 1000 g/mol. The summed E-state index contributed by atoms with van der Waals surface area (Å²) >= 11 is 0. The number of carbonyl (C=O) groups excluding carboxylic acids is 7. The van der Waals surface area contributed by atoms with Gasteiger partial charge in [-0.2, -0.15) is 9.83 Å². The van der Waals surface area contributed by atoms with Gasteiger partial charge in [0.1, 0.15) is 36.2 Å². The van der Waals surface area contributed by atoms with Crippen molar-refractivity contribution in [1.29, 1.82) is 5.26 Å². The molecule has 8 amide bonds. The fraction of sp³-hybridized carbons (Fsp3) is 0.449. The molecule has 2 aromatic carbocycles. The number of aromatic nitrogens is 1. The van der Waals surface area contributed by atoms with Gasteiger partial charge in [0.25, 0.3) is 17.6 Å². The predicted molar refractivity (Wildman–Crippen MR) is 261 cm³/mol. The van der Waals surface area contributed by atoms with Gasteiger partial charge >= 0.3 is 17.8 Å². The van der Waals surface area contributed by atoms with Crippen LogP contribution in [0.15, 0.2) is 60.7 Å². The number of nitrogen functional groups attached to an aromatic ring is 1. The molecule has 9 N–H and O–H groups in total. The number of hydrogen-bond donors (Lipinski definition) is 7. The van der Waals surface area contributed by atoms with Crippen LogP contribution in [0.5, 0.6) is 17.4 Å². The number of nitrogens with zero attached hydrogens (tertiary/aromatic N) is 3. The van der Waals surface area contributed by atoms with Gasteiger partial charge in [-0.05, 0) is 61.6 Å². The van der Waals surface area contributed by atoms with Gasteiger partial charge < -0.3 is 61.2 Å². The normalized spacial score (nSPS) is 12.7. The van der Waals surface area contributed by atoms with E-state index in [2.05, 4.69) is 32.7 Å². The molecule has 23 heteroatoms. The number of nitrogens with one attached hydrogen (secondary N) is 5. The second-order valence-electron chi connectivity index (χ2n) is 16.4. The van der Waals surface area contributed by atoms with Gasteiger partial charge in [-0.3, -0.25) is 28.9 Å². The molecule has 3 aromatic rings. The molecule has 2 atom stereocenters. The Morgan fingerprint density at radius 1 is 0.819 bits per heavy atom. The first-order chi connectivity index (χ1) is 34.6. The molecule has 0 aliphatic carbocycles. The highest BCUT2D eigenvalue weighted by atomic mass is 16.5. The van der Waals surface area contributed by atoms with Crippen molar-refractivity contribution in [2.45, 2.75) is 65.1 Å². The van der Waals surface area contributed by atoms with Gasteiger partial charge in [0.2, 0.25) is 17.7 Å². The Bertz CT molecular complexity index is 2420. The Kier molecular flexibility index (Phi) is 23.2. The van der Waals surface area contributed by atoms with Crippen LogP contribution in [0.25, 0.3) is 0 Å². The van der Waals surface area contributed by atoms with Crippen LogP contribution in [0.3, 0.4) is 0 Å². The quantitative estimate of drug-likeness (QED) is 0.0273. The maximum Gasteiger partial charge on any atom is 0.312 e. The van der Waals surface area contributed by atoms with Crippen LogP contribution in [0.2, 0.25) is 0 Å². The second-order valence-corrected chi connectivity index (χ2v) is 16.4. The lowest BCUT2D eigenvalue weighted by atomic mass is 10.0. The van der Waals surface area contributed by atoms with Crippen molar-refractivity contribution in [2.24, 2.45) is 11.7 Å². The number of carbonyl (C=O) groups is 7. The lowest BCUT2D eigenvalue weighted by Gasteiger charge is -2.25. The number of imide groups is 1. The highest BCUT2D eigenvalue weighted by Crippen LogP contribution is 2.27. The number of anilines is 3. The Labute approximate surface area is 417 Å². The number of hydrogen-bond acceptors (Lipinski definition) is 15. The molecule has 4 rings (SSSR count). The molecule has 2 heterocycles. The second kappa shape index (κ2) is 29.4. The van der Waals surface area contributed by atoms with Crippen molar-refractivity contribution < 1.29 is 66.6 Å². The van der Waals surface area contributed by atoms with E-state index in [0.717, 1.165) is 4.90 Å². The molecule has 388 valence electrons. The van der Waals surface area contributed by atoms with Crippen LogP contribution in [0.4, 0.5) is 22.0 Å². The molecular weight excluding hydrogens is 937 g/mol. The average molecular weight is 1000 g/mol. The molecule has 0 unspecified atom stereocenters. The van der Waals surface area contributed by atoms with Gasteiger partial charge in [-0.1, -0.05) is 26.0 Å². The lowest BCUT2D eigenvalue weighted by molar-refractivity contribution is -0.679. The Morgan fingerprint density at radius 3 is 2.10 bits per heavy atom. The number of ether oxygens (including phenoxy) is 6. The van der Waals surface area contributed by atoms with Gasteiger partial charge in [0.15, 0.2) is 5.56 Å². The molecule has 0 fully saturated rings. The fourth-order valence-corrected chi connectivity index (χ4v) is 7.15. The average Bonchev–Trinajstić information content (AvgIpc) is 3.67. The number of amides is 8. The molecule has 1 aliphatic heterocycles. The summed E-state index contributed by atoms with van der Waals surface area (Å²) in [6.45, 7) is 6.93. The van der Waals surface area contributed by atoms with E-state index in [-0.39, 0.29) is 132 Å². The molecule has 0 spiro atoms. The summed E-state index contributed by atoms with van der Waals surface area (Å²) in [5.41, 5.74) is 13.3. The van der Waals surface area contributed by atoms with Gasteiger partial charge in [-0.25, -0.2) is 14.9 Å². The minimum absolute atomic E-state index is 0.0484. The largest absolute Gasteiger partial charge is 0.497 e. The minimum atomic E-state index is -1.10. The SMILES string of the molecule is CCOc1c(C#N)c(N)cc(NC(=O)Cc2cc(OC)ccc2OC)[n+]1Cc1ccc(NC(=O)[C@H](CCCNC(N)=O)NC(=O)[C@@H](NC(=O)CCOCCOCCOCCN2C(=O)C=CC2=O)C(C)C)cc1. The number of nitriles is 1. The number of methoxy groups -OCH3 is 2. The van der Waals surface area contributed by atoms with E-state index in [9.17, 15) is 38.8 Å². The van der Waals surface area contributed by atoms with Crippen molar-refractivity contribution >= 4 is 58.7 Å². The molecule has 1 aliphatic rings. The Morgan fingerprint density at radius 2 is 1.49 bits per heavy atom. The molecule has 1 aromatic heterocycles. The third kappa shape index (κ3) is 17.9. The number of pyridine rings is 1. The zero-order valence-corrected chi connectivity index (χ0v) is 41.2.